The van der Waals surface area contributed by atoms with Crippen LogP contribution in [0.3, 0.4) is 0 Å². The van der Waals surface area contributed by atoms with Crippen molar-refractivity contribution in [2.75, 3.05) is 22.9 Å². The monoisotopic (exact) mass is 470 g/mol. The second-order valence-corrected chi connectivity index (χ2v) is 9.59. The highest BCUT2D eigenvalue weighted by molar-refractivity contribution is 7.92. The van der Waals surface area contributed by atoms with E-state index >= 15 is 0 Å². The van der Waals surface area contributed by atoms with E-state index in [1.54, 1.807) is 24.5 Å². The van der Waals surface area contributed by atoms with Crippen LogP contribution in [0.15, 0.2) is 67.0 Å². The van der Waals surface area contributed by atoms with Gasteiger partial charge in [0.25, 0.3) is 0 Å². The molecule has 0 amide bonds. The van der Waals surface area contributed by atoms with Crippen LogP contribution >= 0.6 is 11.6 Å². The van der Waals surface area contributed by atoms with E-state index in [1.165, 1.54) is 12.1 Å². The van der Waals surface area contributed by atoms with Crippen molar-refractivity contribution in [1.29, 1.82) is 0 Å². The molecule has 0 fully saturated rings. The summed E-state index contributed by atoms with van der Waals surface area (Å²) in [7, 11) is -1.57. The molecule has 1 N–H and O–H groups in total. The minimum atomic E-state index is -3.50. The maximum atomic E-state index is 13.6. The van der Waals surface area contributed by atoms with Crippen molar-refractivity contribution in [2.24, 2.45) is 0 Å². The van der Waals surface area contributed by atoms with Crippen LogP contribution < -0.4 is 9.62 Å². The average molecular weight is 471 g/mol. The molecule has 9 heteroatoms. The molecule has 4 rings (SSSR count). The molecule has 0 aliphatic rings. The molecular weight excluding hydrogens is 451 g/mol. The lowest BCUT2D eigenvalue weighted by Gasteiger charge is -2.21. The summed E-state index contributed by atoms with van der Waals surface area (Å²) >= 11 is 6.06. The number of pyridine rings is 2. The van der Waals surface area contributed by atoms with E-state index in [2.05, 4.69) is 14.7 Å². The van der Waals surface area contributed by atoms with Gasteiger partial charge in [0.15, 0.2) is 5.15 Å². The molecule has 2 aromatic carbocycles. The average Bonchev–Trinajstić information content (AvgIpc) is 2.73. The van der Waals surface area contributed by atoms with Crippen molar-refractivity contribution in [3.05, 3.63) is 83.5 Å². The van der Waals surface area contributed by atoms with Gasteiger partial charge in [0.1, 0.15) is 5.82 Å². The number of nitrogens with zero attached hydrogens (tertiary/aromatic N) is 3. The Kier molecular flexibility index (Phi) is 5.99. The van der Waals surface area contributed by atoms with Crippen molar-refractivity contribution < 1.29 is 12.8 Å². The van der Waals surface area contributed by atoms with E-state index < -0.39 is 10.0 Å². The lowest BCUT2D eigenvalue weighted by molar-refractivity contribution is 0.606. The molecule has 0 spiro atoms. The molecule has 0 atom stereocenters. The van der Waals surface area contributed by atoms with Gasteiger partial charge in [0.2, 0.25) is 10.0 Å². The number of nitrogens with one attached hydrogen (secondary N) is 1. The standard InChI is InChI=1S/C23H20ClFN4O2S/c1-29(14-15-4-3-5-18(25)10-15)22-8-9-26-20-7-6-16(11-19(20)22)17-12-21(23(24)27-13-17)28-32(2,30)31/h3-13,28H,14H2,1-2H3. The van der Waals surface area contributed by atoms with Crippen LogP contribution in [0, 0.1) is 5.82 Å². The molecule has 0 saturated carbocycles. The van der Waals surface area contributed by atoms with Gasteiger partial charge in [-0.1, -0.05) is 29.8 Å². The molecule has 164 valence electrons. The number of hydrogen-bond donors (Lipinski definition) is 1. The number of fused-ring (bicyclic) bond motifs is 1. The highest BCUT2D eigenvalue weighted by Crippen LogP contribution is 2.32. The van der Waals surface area contributed by atoms with Crippen molar-refractivity contribution >= 4 is 43.9 Å². The van der Waals surface area contributed by atoms with Crippen LogP contribution in [0.2, 0.25) is 5.15 Å². The highest BCUT2D eigenvalue weighted by Gasteiger charge is 2.13. The smallest absolute Gasteiger partial charge is 0.229 e. The number of halogens is 2. The summed E-state index contributed by atoms with van der Waals surface area (Å²) < 4.78 is 39.2. The second kappa shape index (κ2) is 8.72. The maximum absolute atomic E-state index is 13.6. The SMILES string of the molecule is CN(Cc1cccc(F)c1)c1ccnc2ccc(-c3cnc(Cl)c(NS(C)(=O)=O)c3)cc12. The summed E-state index contributed by atoms with van der Waals surface area (Å²) in [5, 5.41) is 0.966. The van der Waals surface area contributed by atoms with Crippen LogP contribution in [0.5, 0.6) is 0 Å². The number of anilines is 2. The maximum Gasteiger partial charge on any atom is 0.229 e. The molecule has 0 bridgehead atoms. The fourth-order valence-corrected chi connectivity index (χ4v) is 4.28. The molecule has 32 heavy (non-hydrogen) atoms. The fourth-order valence-electron chi connectivity index (χ4n) is 3.52. The van der Waals surface area contributed by atoms with E-state index in [4.69, 9.17) is 11.6 Å². The van der Waals surface area contributed by atoms with Crippen molar-refractivity contribution in [3.8, 4) is 11.1 Å². The third-order valence-corrected chi connectivity index (χ3v) is 5.80. The molecule has 0 unspecified atom stereocenters. The van der Waals surface area contributed by atoms with E-state index in [-0.39, 0.29) is 16.7 Å². The van der Waals surface area contributed by atoms with Crippen LogP contribution in [0.25, 0.3) is 22.0 Å². The van der Waals surface area contributed by atoms with E-state index in [0.29, 0.717) is 12.1 Å². The topological polar surface area (TPSA) is 75.2 Å². The van der Waals surface area contributed by atoms with Gasteiger partial charge in [-0.2, -0.15) is 0 Å². The first-order valence-electron chi connectivity index (χ1n) is 9.68. The van der Waals surface area contributed by atoms with Crippen LogP contribution in [-0.4, -0.2) is 31.7 Å². The fraction of sp³-hybridized carbons (Fsp3) is 0.130. The first-order chi connectivity index (χ1) is 15.2. The summed E-state index contributed by atoms with van der Waals surface area (Å²) in [4.78, 5) is 10.6. The lowest BCUT2D eigenvalue weighted by Crippen LogP contribution is -2.16. The minimum absolute atomic E-state index is 0.0668. The number of aromatic nitrogens is 2. The molecule has 2 heterocycles. The summed E-state index contributed by atoms with van der Waals surface area (Å²) in [5.41, 5.74) is 4.32. The zero-order valence-corrected chi connectivity index (χ0v) is 19.0. The number of rotatable bonds is 6. The molecule has 0 radical (unpaired) electrons. The molecule has 0 aliphatic heterocycles. The highest BCUT2D eigenvalue weighted by atomic mass is 35.5. The number of benzene rings is 2. The molecule has 0 aliphatic carbocycles. The Morgan fingerprint density at radius 3 is 2.62 bits per heavy atom. The van der Waals surface area contributed by atoms with Crippen molar-refractivity contribution in [2.45, 2.75) is 6.54 Å². The third kappa shape index (κ3) is 4.98. The Labute approximate surface area is 190 Å². The van der Waals surface area contributed by atoms with Gasteiger partial charge in [-0.25, -0.2) is 17.8 Å². The minimum Gasteiger partial charge on any atom is -0.370 e. The molecule has 0 saturated heterocycles. The third-order valence-electron chi connectivity index (χ3n) is 4.91. The summed E-state index contributed by atoms with van der Waals surface area (Å²) in [5.74, 6) is -0.272. The van der Waals surface area contributed by atoms with E-state index in [0.717, 1.165) is 34.0 Å². The first kappa shape index (κ1) is 22.0. The number of hydrogen-bond acceptors (Lipinski definition) is 5. The Balaban J connectivity index is 1.74. The largest absolute Gasteiger partial charge is 0.370 e. The predicted molar refractivity (Wildman–Crippen MR) is 127 cm³/mol. The molecular formula is C23H20ClFN4O2S. The normalized spacial score (nSPS) is 11.5. The Morgan fingerprint density at radius 1 is 1.06 bits per heavy atom. The Morgan fingerprint density at radius 2 is 1.88 bits per heavy atom. The zero-order valence-electron chi connectivity index (χ0n) is 17.4. The first-order valence-corrected chi connectivity index (χ1v) is 11.9. The summed E-state index contributed by atoms with van der Waals surface area (Å²) in [6, 6.07) is 15.8. The van der Waals surface area contributed by atoms with Crippen molar-refractivity contribution in [1.82, 2.24) is 9.97 Å². The van der Waals surface area contributed by atoms with Gasteiger partial charge in [-0.05, 0) is 47.5 Å². The van der Waals surface area contributed by atoms with Gasteiger partial charge < -0.3 is 4.90 Å². The Hall–Kier alpha value is -3.23. The summed E-state index contributed by atoms with van der Waals surface area (Å²) in [6.07, 6.45) is 4.37. The molecule has 2 aromatic heterocycles. The van der Waals surface area contributed by atoms with Gasteiger partial charge in [0, 0.05) is 42.6 Å². The van der Waals surface area contributed by atoms with Crippen LogP contribution in [-0.2, 0) is 16.6 Å². The summed E-state index contributed by atoms with van der Waals surface area (Å²) in [6.45, 7) is 0.520. The van der Waals surface area contributed by atoms with Gasteiger partial charge in [0.05, 0.1) is 17.5 Å². The van der Waals surface area contributed by atoms with E-state index in [1.807, 2.05) is 42.3 Å². The zero-order chi connectivity index (χ0) is 22.9. The quantitative estimate of drug-likeness (QED) is 0.397. The molecule has 4 aromatic rings. The van der Waals surface area contributed by atoms with Gasteiger partial charge in [-0.15, -0.1) is 0 Å². The predicted octanol–water partition coefficient (Wildman–Crippen LogP) is 5.10. The van der Waals surface area contributed by atoms with E-state index in [9.17, 15) is 12.8 Å². The van der Waals surface area contributed by atoms with Crippen LogP contribution in [0.4, 0.5) is 15.8 Å². The van der Waals surface area contributed by atoms with Gasteiger partial charge >= 0.3 is 0 Å². The second-order valence-electron chi connectivity index (χ2n) is 7.48. The number of sulfonamides is 1. The van der Waals surface area contributed by atoms with Crippen LogP contribution in [0.1, 0.15) is 5.56 Å². The van der Waals surface area contributed by atoms with Crippen molar-refractivity contribution in [3.63, 3.8) is 0 Å². The lowest BCUT2D eigenvalue weighted by atomic mass is 10.0. The molecule has 6 nitrogen and oxygen atoms in total. The van der Waals surface area contributed by atoms with Gasteiger partial charge in [-0.3, -0.25) is 9.71 Å². The Bertz CT molecular complexity index is 1410.